The van der Waals surface area contributed by atoms with Crippen molar-refractivity contribution in [2.24, 2.45) is 5.92 Å². The molecule has 24 heavy (non-hydrogen) atoms. The van der Waals surface area contributed by atoms with Gasteiger partial charge < -0.3 is 10.4 Å². The Bertz CT molecular complexity index is 692. The fourth-order valence-electron chi connectivity index (χ4n) is 3.07. The van der Waals surface area contributed by atoms with Crippen molar-refractivity contribution in [3.63, 3.8) is 0 Å². The fraction of sp³-hybridized carbons (Fsp3) is 0.471. The number of thiazole rings is 1. The van der Waals surface area contributed by atoms with Crippen LogP contribution in [0.1, 0.15) is 23.8 Å². The first-order chi connectivity index (χ1) is 11.5. The molecule has 1 saturated heterocycles. The van der Waals surface area contributed by atoms with Crippen molar-refractivity contribution < 1.29 is 13.9 Å². The Morgan fingerprint density at radius 1 is 1.42 bits per heavy atom. The van der Waals surface area contributed by atoms with Crippen LogP contribution in [0.4, 0.5) is 13.9 Å². The Morgan fingerprint density at radius 2 is 2.25 bits per heavy atom. The summed E-state index contributed by atoms with van der Waals surface area (Å²) in [5, 5.41) is 12.9. The quantitative estimate of drug-likeness (QED) is 0.783. The molecule has 1 aliphatic rings. The highest BCUT2D eigenvalue weighted by atomic mass is 32.1. The zero-order valence-electron chi connectivity index (χ0n) is 13.5. The predicted octanol–water partition coefficient (Wildman–Crippen LogP) is 3.24. The Morgan fingerprint density at radius 3 is 3.00 bits per heavy atom. The van der Waals surface area contributed by atoms with Crippen LogP contribution in [-0.4, -0.2) is 34.3 Å². The Kier molecular flexibility index (Phi) is 5.43. The third kappa shape index (κ3) is 4.49. The van der Waals surface area contributed by atoms with Gasteiger partial charge in [-0.2, -0.15) is 0 Å². The highest BCUT2D eigenvalue weighted by Crippen LogP contribution is 2.26. The summed E-state index contributed by atoms with van der Waals surface area (Å²) in [6.07, 6.45) is 3.04. The molecule has 0 radical (unpaired) electrons. The molecule has 3 rings (SSSR count). The summed E-state index contributed by atoms with van der Waals surface area (Å²) in [6.45, 7) is 4.42. The topological polar surface area (TPSA) is 48.4 Å². The molecular weight excluding hydrogens is 332 g/mol. The molecule has 4 nitrogen and oxygen atoms in total. The van der Waals surface area contributed by atoms with E-state index in [-0.39, 0.29) is 0 Å². The number of halogens is 2. The fourth-order valence-corrected chi connectivity index (χ4v) is 4.01. The molecule has 2 atom stereocenters. The second kappa shape index (κ2) is 7.55. The minimum atomic E-state index is -0.793. The average molecular weight is 353 g/mol. The molecule has 130 valence electrons. The lowest BCUT2D eigenvalue weighted by atomic mass is 9.98. The van der Waals surface area contributed by atoms with Gasteiger partial charge in [-0.3, -0.25) is 4.90 Å². The van der Waals surface area contributed by atoms with E-state index in [9.17, 15) is 13.9 Å². The molecule has 1 aromatic carbocycles. The van der Waals surface area contributed by atoms with Gasteiger partial charge in [0, 0.05) is 24.2 Å². The average Bonchev–Trinajstić information content (AvgIpc) is 3.13. The Hall–Kier alpha value is -1.57. The van der Waals surface area contributed by atoms with Crippen LogP contribution in [0.15, 0.2) is 24.4 Å². The number of hydrogen-bond acceptors (Lipinski definition) is 5. The predicted molar refractivity (Wildman–Crippen MR) is 90.9 cm³/mol. The third-order valence-electron chi connectivity index (χ3n) is 4.14. The maximum absolute atomic E-state index is 13.3. The number of aliphatic hydroxyl groups excluding tert-OH is 1. The van der Waals surface area contributed by atoms with Gasteiger partial charge in [-0.15, -0.1) is 11.3 Å². The van der Waals surface area contributed by atoms with Gasteiger partial charge in [0.2, 0.25) is 0 Å². The SMILES string of the molecule is CC(O)Nc1ncc(CN2CC[C@H](Cc3ccc(F)c(F)c3)C2)s1. The van der Waals surface area contributed by atoms with Crippen LogP contribution in [-0.2, 0) is 13.0 Å². The molecule has 0 amide bonds. The number of nitrogens with zero attached hydrogens (tertiary/aromatic N) is 2. The minimum absolute atomic E-state index is 0.456. The van der Waals surface area contributed by atoms with E-state index in [1.165, 1.54) is 12.1 Å². The van der Waals surface area contributed by atoms with Crippen molar-refractivity contribution in [1.82, 2.24) is 9.88 Å². The lowest BCUT2D eigenvalue weighted by Crippen LogP contribution is -2.20. The van der Waals surface area contributed by atoms with Crippen molar-refractivity contribution in [1.29, 1.82) is 0 Å². The number of aliphatic hydroxyl groups is 1. The van der Waals surface area contributed by atoms with Gasteiger partial charge in [-0.05, 0) is 49.9 Å². The molecule has 2 aromatic rings. The van der Waals surface area contributed by atoms with Crippen molar-refractivity contribution in [2.45, 2.75) is 32.5 Å². The lowest BCUT2D eigenvalue weighted by molar-refractivity contribution is 0.224. The summed E-state index contributed by atoms with van der Waals surface area (Å²) in [4.78, 5) is 7.74. The largest absolute Gasteiger partial charge is 0.374 e. The summed E-state index contributed by atoms with van der Waals surface area (Å²) in [5.41, 5.74) is 0.849. The van der Waals surface area contributed by atoms with Gasteiger partial charge in [0.1, 0.15) is 6.23 Å². The number of likely N-dealkylation sites (tertiary alicyclic amines) is 1. The number of anilines is 1. The second-order valence-corrected chi connectivity index (χ2v) is 7.41. The van der Waals surface area contributed by atoms with Crippen molar-refractivity contribution >= 4 is 16.5 Å². The van der Waals surface area contributed by atoms with Crippen LogP contribution < -0.4 is 5.32 Å². The highest BCUT2D eigenvalue weighted by Gasteiger charge is 2.23. The minimum Gasteiger partial charge on any atom is -0.374 e. The van der Waals surface area contributed by atoms with E-state index >= 15 is 0 Å². The third-order valence-corrected chi connectivity index (χ3v) is 5.06. The second-order valence-electron chi connectivity index (χ2n) is 6.29. The summed E-state index contributed by atoms with van der Waals surface area (Å²) in [6, 6.07) is 4.17. The van der Waals surface area contributed by atoms with Crippen LogP contribution >= 0.6 is 11.3 Å². The van der Waals surface area contributed by atoms with Gasteiger partial charge in [0.15, 0.2) is 16.8 Å². The summed E-state index contributed by atoms with van der Waals surface area (Å²) in [7, 11) is 0. The van der Waals surface area contributed by atoms with Crippen LogP contribution in [0.25, 0.3) is 0 Å². The maximum Gasteiger partial charge on any atom is 0.184 e. The molecule has 2 N–H and O–H groups in total. The molecule has 0 spiro atoms. The van der Waals surface area contributed by atoms with Gasteiger partial charge >= 0.3 is 0 Å². The first kappa shape index (κ1) is 17.3. The van der Waals surface area contributed by atoms with E-state index in [1.807, 2.05) is 6.20 Å². The van der Waals surface area contributed by atoms with E-state index in [1.54, 1.807) is 24.3 Å². The maximum atomic E-state index is 13.3. The number of nitrogens with one attached hydrogen (secondary N) is 1. The van der Waals surface area contributed by atoms with E-state index in [4.69, 9.17) is 0 Å². The van der Waals surface area contributed by atoms with Crippen molar-refractivity contribution in [3.05, 3.63) is 46.5 Å². The lowest BCUT2D eigenvalue weighted by Gasteiger charge is -2.15. The molecule has 1 fully saturated rings. The van der Waals surface area contributed by atoms with Gasteiger partial charge in [0.25, 0.3) is 0 Å². The Balaban J connectivity index is 1.51. The molecule has 1 aliphatic heterocycles. The molecule has 0 bridgehead atoms. The van der Waals surface area contributed by atoms with Crippen molar-refractivity contribution in [3.8, 4) is 0 Å². The van der Waals surface area contributed by atoms with Crippen LogP contribution in [0.3, 0.4) is 0 Å². The summed E-state index contributed by atoms with van der Waals surface area (Å²) < 4.78 is 26.3. The van der Waals surface area contributed by atoms with Gasteiger partial charge in [-0.25, -0.2) is 13.8 Å². The first-order valence-electron chi connectivity index (χ1n) is 8.05. The van der Waals surface area contributed by atoms with Crippen molar-refractivity contribution in [2.75, 3.05) is 18.4 Å². The summed E-state index contributed by atoms with van der Waals surface area (Å²) >= 11 is 1.54. The standard InChI is InChI=1S/C17H21F2N3OS/c1-11(23)21-17-20-8-14(24-17)10-22-5-4-13(9-22)6-12-2-3-15(18)16(19)7-12/h2-3,7-8,11,13,23H,4-6,9-10H2,1H3,(H,20,21)/t11?,13-/m1/s1. The number of benzene rings is 1. The molecule has 1 unspecified atom stereocenters. The molecule has 0 saturated carbocycles. The normalized spacial score (nSPS) is 19.6. The molecule has 0 aliphatic carbocycles. The zero-order chi connectivity index (χ0) is 17.1. The van der Waals surface area contributed by atoms with Gasteiger partial charge in [-0.1, -0.05) is 6.07 Å². The van der Waals surface area contributed by atoms with E-state index in [0.29, 0.717) is 5.92 Å². The molecule has 2 heterocycles. The molecular formula is C17H21F2N3OS. The number of aromatic nitrogens is 1. The smallest absolute Gasteiger partial charge is 0.184 e. The monoisotopic (exact) mass is 353 g/mol. The van der Waals surface area contributed by atoms with Crippen LogP contribution in [0, 0.1) is 17.6 Å². The summed E-state index contributed by atoms with van der Waals surface area (Å²) in [5.74, 6) is -1.11. The highest BCUT2D eigenvalue weighted by molar-refractivity contribution is 7.15. The van der Waals surface area contributed by atoms with E-state index in [2.05, 4.69) is 15.2 Å². The van der Waals surface area contributed by atoms with E-state index < -0.39 is 17.9 Å². The first-order valence-corrected chi connectivity index (χ1v) is 8.87. The Labute approximate surface area is 144 Å². The van der Waals surface area contributed by atoms with Gasteiger partial charge in [0.05, 0.1) is 0 Å². The molecule has 7 heteroatoms. The number of hydrogen-bond donors (Lipinski definition) is 2. The zero-order valence-corrected chi connectivity index (χ0v) is 14.3. The van der Waals surface area contributed by atoms with Crippen LogP contribution in [0.2, 0.25) is 0 Å². The van der Waals surface area contributed by atoms with E-state index in [0.717, 1.165) is 48.0 Å². The number of rotatable bonds is 6. The molecule has 1 aromatic heterocycles. The van der Waals surface area contributed by atoms with Crippen LogP contribution in [0.5, 0.6) is 0 Å².